The van der Waals surface area contributed by atoms with Crippen LogP contribution in [0.1, 0.15) is 19.8 Å². The molecule has 0 atom stereocenters. The van der Waals surface area contributed by atoms with Crippen molar-refractivity contribution in [2.45, 2.75) is 26.3 Å². The van der Waals surface area contributed by atoms with E-state index in [0.717, 1.165) is 30.2 Å². The van der Waals surface area contributed by atoms with Crippen LogP contribution in [0, 0.1) is 0 Å². The minimum atomic E-state index is 0.941. The fourth-order valence-corrected chi connectivity index (χ4v) is 2.18. The quantitative estimate of drug-likeness (QED) is 0.795. The molecule has 0 radical (unpaired) electrons. The lowest BCUT2D eigenvalue weighted by Crippen LogP contribution is -2.21. The summed E-state index contributed by atoms with van der Waals surface area (Å²) in [5.74, 6) is 1.12. The molecule has 4 heteroatoms. The third-order valence-electron chi connectivity index (χ3n) is 2.46. The fourth-order valence-electron chi connectivity index (χ4n) is 1.78. The highest BCUT2D eigenvalue weighted by Crippen LogP contribution is 2.21. The Morgan fingerprint density at radius 3 is 2.77 bits per heavy atom. The molecule has 1 aromatic rings. The Labute approximate surface area is 86.9 Å². The monoisotopic (exact) mass is 243 g/mol. The maximum atomic E-state index is 4.47. The van der Waals surface area contributed by atoms with E-state index in [2.05, 4.69) is 37.3 Å². The molecule has 0 saturated carbocycles. The number of anilines is 1. The van der Waals surface area contributed by atoms with Gasteiger partial charge in [-0.25, -0.2) is 4.98 Å². The average molecular weight is 244 g/mol. The number of imidazole rings is 1. The number of hydrogen-bond donors (Lipinski definition) is 0. The Bertz CT molecular complexity index is 289. The zero-order chi connectivity index (χ0) is 9.26. The number of aromatic nitrogens is 2. The molecule has 1 aromatic heterocycles. The van der Waals surface area contributed by atoms with Crippen LogP contribution in [-0.2, 0) is 6.54 Å². The zero-order valence-corrected chi connectivity index (χ0v) is 9.42. The van der Waals surface area contributed by atoms with Crippen LogP contribution >= 0.6 is 15.9 Å². The smallest absolute Gasteiger partial charge is 0.206 e. The summed E-state index contributed by atoms with van der Waals surface area (Å²) in [5, 5.41) is 0. The van der Waals surface area contributed by atoms with Gasteiger partial charge in [0.1, 0.15) is 4.60 Å². The third kappa shape index (κ3) is 1.73. The Hall–Kier alpha value is -0.510. The van der Waals surface area contributed by atoms with E-state index in [1.54, 1.807) is 0 Å². The molecule has 0 bridgehead atoms. The topological polar surface area (TPSA) is 21.1 Å². The highest BCUT2D eigenvalue weighted by molar-refractivity contribution is 9.10. The van der Waals surface area contributed by atoms with Gasteiger partial charge in [0.15, 0.2) is 0 Å². The molecule has 3 nitrogen and oxygen atoms in total. The molecular weight excluding hydrogens is 230 g/mol. The number of hydrogen-bond acceptors (Lipinski definition) is 2. The normalized spacial score (nSPS) is 16.9. The summed E-state index contributed by atoms with van der Waals surface area (Å²) in [5.41, 5.74) is 0. The van der Waals surface area contributed by atoms with Crippen molar-refractivity contribution in [1.29, 1.82) is 0 Å². The molecular formula is C9H14BrN3. The molecule has 0 spiro atoms. The summed E-state index contributed by atoms with van der Waals surface area (Å²) in [7, 11) is 0. The molecule has 0 amide bonds. The van der Waals surface area contributed by atoms with Crippen LogP contribution in [0.15, 0.2) is 10.8 Å². The molecule has 0 aromatic carbocycles. The molecule has 72 valence electrons. The Morgan fingerprint density at radius 2 is 2.15 bits per heavy atom. The third-order valence-corrected chi connectivity index (χ3v) is 2.84. The van der Waals surface area contributed by atoms with Crippen molar-refractivity contribution in [1.82, 2.24) is 9.55 Å². The van der Waals surface area contributed by atoms with Gasteiger partial charge in [-0.1, -0.05) is 0 Å². The Morgan fingerprint density at radius 1 is 1.46 bits per heavy atom. The molecule has 1 aliphatic rings. The fraction of sp³-hybridized carbons (Fsp3) is 0.667. The van der Waals surface area contributed by atoms with Crippen molar-refractivity contribution >= 4 is 21.9 Å². The van der Waals surface area contributed by atoms with Gasteiger partial charge in [0.05, 0.1) is 0 Å². The molecule has 0 aliphatic carbocycles. The Kier molecular flexibility index (Phi) is 2.58. The predicted molar refractivity (Wildman–Crippen MR) is 57.0 cm³/mol. The van der Waals surface area contributed by atoms with Crippen LogP contribution in [0.2, 0.25) is 0 Å². The number of halogens is 1. The number of nitrogens with zero attached hydrogens (tertiary/aromatic N) is 3. The van der Waals surface area contributed by atoms with E-state index < -0.39 is 0 Å². The van der Waals surface area contributed by atoms with Crippen molar-refractivity contribution in [3.05, 3.63) is 10.8 Å². The van der Waals surface area contributed by atoms with Crippen molar-refractivity contribution < 1.29 is 0 Å². The van der Waals surface area contributed by atoms with Gasteiger partial charge in [-0.05, 0) is 35.7 Å². The highest BCUT2D eigenvalue weighted by atomic mass is 79.9. The maximum absolute atomic E-state index is 4.47. The summed E-state index contributed by atoms with van der Waals surface area (Å²) >= 11 is 3.41. The van der Waals surface area contributed by atoms with Crippen LogP contribution in [0.25, 0.3) is 0 Å². The lowest BCUT2D eigenvalue weighted by atomic mass is 10.4. The van der Waals surface area contributed by atoms with Gasteiger partial charge in [-0.3, -0.25) is 0 Å². The minimum Gasteiger partial charge on any atom is -0.342 e. The SMILES string of the molecule is CCn1cc(Br)nc1N1CCCC1. The second-order valence-corrected chi connectivity index (χ2v) is 4.16. The van der Waals surface area contributed by atoms with Gasteiger partial charge in [0.2, 0.25) is 5.95 Å². The zero-order valence-electron chi connectivity index (χ0n) is 7.83. The van der Waals surface area contributed by atoms with Crippen LogP contribution in [0.5, 0.6) is 0 Å². The molecule has 1 fully saturated rings. The first-order chi connectivity index (χ1) is 6.31. The summed E-state index contributed by atoms with van der Waals surface area (Å²) in [6.07, 6.45) is 4.65. The summed E-state index contributed by atoms with van der Waals surface area (Å²) in [4.78, 5) is 6.82. The number of aryl methyl sites for hydroxylation is 1. The summed E-state index contributed by atoms with van der Waals surface area (Å²) in [6, 6.07) is 0. The molecule has 2 rings (SSSR count). The van der Waals surface area contributed by atoms with E-state index in [-0.39, 0.29) is 0 Å². The highest BCUT2D eigenvalue weighted by Gasteiger charge is 2.17. The summed E-state index contributed by atoms with van der Waals surface area (Å²) in [6.45, 7) is 5.45. The van der Waals surface area contributed by atoms with E-state index in [1.165, 1.54) is 12.8 Å². The first-order valence-electron chi connectivity index (χ1n) is 4.79. The predicted octanol–water partition coefficient (Wildman–Crippen LogP) is 2.27. The molecule has 1 aliphatic heterocycles. The second-order valence-electron chi connectivity index (χ2n) is 3.34. The van der Waals surface area contributed by atoms with Crippen LogP contribution in [0.4, 0.5) is 5.95 Å². The van der Waals surface area contributed by atoms with Gasteiger partial charge in [0, 0.05) is 25.8 Å². The standard InChI is InChI=1S/C9H14BrN3/c1-2-12-7-8(10)11-9(12)13-5-3-4-6-13/h7H,2-6H2,1H3. The largest absolute Gasteiger partial charge is 0.342 e. The van der Waals surface area contributed by atoms with E-state index in [9.17, 15) is 0 Å². The minimum absolute atomic E-state index is 0.941. The molecule has 13 heavy (non-hydrogen) atoms. The van der Waals surface area contributed by atoms with Gasteiger partial charge in [-0.2, -0.15) is 0 Å². The van der Waals surface area contributed by atoms with E-state index in [1.807, 2.05) is 6.20 Å². The van der Waals surface area contributed by atoms with Gasteiger partial charge in [-0.15, -0.1) is 0 Å². The molecule has 1 saturated heterocycles. The van der Waals surface area contributed by atoms with E-state index in [4.69, 9.17) is 0 Å². The molecule has 0 N–H and O–H groups in total. The van der Waals surface area contributed by atoms with Gasteiger partial charge < -0.3 is 9.47 Å². The van der Waals surface area contributed by atoms with Crippen molar-refractivity contribution in [3.63, 3.8) is 0 Å². The first-order valence-corrected chi connectivity index (χ1v) is 5.58. The summed E-state index contributed by atoms with van der Waals surface area (Å²) < 4.78 is 3.13. The second kappa shape index (κ2) is 3.70. The van der Waals surface area contributed by atoms with Crippen LogP contribution in [0.3, 0.4) is 0 Å². The lowest BCUT2D eigenvalue weighted by molar-refractivity contribution is 0.731. The van der Waals surface area contributed by atoms with E-state index in [0.29, 0.717) is 0 Å². The maximum Gasteiger partial charge on any atom is 0.206 e. The lowest BCUT2D eigenvalue weighted by Gasteiger charge is -2.16. The average Bonchev–Trinajstić information content (AvgIpc) is 2.71. The first kappa shape index (κ1) is 9.06. The molecule has 2 heterocycles. The van der Waals surface area contributed by atoms with Gasteiger partial charge in [0.25, 0.3) is 0 Å². The van der Waals surface area contributed by atoms with Crippen molar-refractivity contribution in [2.75, 3.05) is 18.0 Å². The van der Waals surface area contributed by atoms with Crippen LogP contribution in [-0.4, -0.2) is 22.6 Å². The number of rotatable bonds is 2. The van der Waals surface area contributed by atoms with Gasteiger partial charge >= 0.3 is 0 Å². The van der Waals surface area contributed by atoms with Crippen LogP contribution < -0.4 is 4.90 Å². The Balaban J connectivity index is 2.26. The van der Waals surface area contributed by atoms with E-state index >= 15 is 0 Å². The van der Waals surface area contributed by atoms with Crippen molar-refractivity contribution in [3.8, 4) is 0 Å². The molecule has 0 unspecified atom stereocenters. The van der Waals surface area contributed by atoms with Crippen molar-refractivity contribution in [2.24, 2.45) is 0 Å².